The third-order valence-electron chi connectivity index (χ3n) is 5.06. The fourth-order valence-electron chi connectivity index (χ4n) is 3.43. The molecule has 0 fully saturated rings. The second-order valence-electron chi connectivity index (χ2n) is 8.14. The first kappa shape index (κ1) is 22.3. The normalized spacial score (nSPS) is 11.5. The summed E-state index contributed by atoms with van der Waals surface area (Å²) in [6.07, 6.45) is 5.15. The highest BCUT2D eigenvalue weighted by atomic mass is 32.2. The Kier molecular flexibility index (Phi) is 7.91. The molecule has 5 nitrogen and oxygen atoms in total. The smallest absolute Gasteiger partial charge is 0.258 e. The van der Waals surface area contributed by atoms with Crippen molar-refractivity contribution in [2.75, 3.05) is 11.1 Å². The van der Waals surface area contributed by atoms with E-state index in [0.29, 0.717) is 29.2 Å². The number of anilines is 1. The minimum atomic E-state index is 0.0997. The lowest BCUT2D eigenvalue weighted by molar-refractivity contribution is -0.116. The van der Waals surface area contributed by atoms with Crippen LogP contribution in [0.25, 0.3) is 11.2 Å². The number of carbonyl (C=O) groups excluding carboxylic acids is 1. The molecule has 3 rings (SSSR count). The van der Waals surface area contributed by atoms with Gasteiger partial charge in [0.2, 0.25) is 11.6 Å². The molecule has 3 aromatic rings. The van der Waals surface area contributed by atoms with Gasteiger partial charge in [0.25, 0.3) is 5.22 Å². The van der Waals surface area contributed by atoms with Crippen LogP contribution in [-0.2, 0) is 4.79 Å². The zero-order valence-electron chi connectivity index (χ0n) is 18.3. The summed E-state index contributed by atoms with van der Waals surface area (Å²) >= 11 is 1.60. The van der Waals surface area contributed by atoms with E-state index in [-0.39, 0.29) is 5.91 Å². The second-order valence-corrected chi connectivity index (χ2v) is 9.18. The molecule has 2 heterocycles. The average Bonchev–Trinajstić information content (AvgIpc) is 3.13. The molecule has 0 saturated heterocycles. The Morgan fingerprint density at radius 3 is 2.43 bits per heavy atom. The van der Waals surface area contributed by atoms with Crippen LogP contribution < -0.4 is 5.32 Å². The van der Waals surface area contributed by atoms with Crippen molar-refractivity contribution in [1.29, 1.82) is 0 Å². The van der Waals surface area contributed by atoms with Gasteiger partial charge in [0, 0.05) is 24.1 Å². The largest absolute Gasteiger partial charge is 0.412 e. The molecular weight excluding hydrogens is 394 g/mol. The van der Waals surface area contributed by atoms with E-state index in [9.17, 15) is 4.79 Å². The SMILES string of the molecule is CC(C)c1cccc(C(C)C)c1NC(=O)CCCCCSc1nc2cccnc2o1. The first-order valence-corrected chi connectivity index (χ1v) is 11.7. The molecule has 0 saturated carbocycles. The van der Waals surface area contributed by atoms with Crippen LogP contribution in [-0.4, -0.2) is 21.6 Å². The van der Waals surface area contributed by atoms with Crippen LogP contribution in [0.5, 0.6) is 0 Å². The van der Waals surface area contributed by atoms with Crippen LogP contribution in [0.1, 0.15) is 76.3 Å². The van der Waals surface area contributed by atoms with Crippen molar-refractivity contribution in [2.24, 2.45) is 0 Å². The summed E-state index contributed by atoms with van der Waals surface area (Å²) < 4.78 is 5.62. The number of nitrogens with one attached hydrogen (secondary N) is 1. The van der Waals surface area contributed by atoms with Gasteiger partial charge in [0.15, 0.2) is 0 Å². The number of rotatable bonds is 10. The van der Waals surface area contributed by atoms with Crippen LogP contribution in [0.3, 0.4) is 0 Å². The number of nitrogens with zero attached hydrogens (tertiary/aromatic N) is 2. The predicted octanol–water partition coefficient (Wildman–Crippen LogP) is 6.76. The van der Waals surface area contributed by atoms with Crippen molar-refractivity contribution >= 4 is 34.6 Å². The zero-order chi connectivity index (χ0) is 21.5. The van der Waals surface area contributed by atoms with Crippen molar-refractivity contribution in [2.45, 2.75) is 70.4 Å². The zero-order valence-corrected chi connectivity index (χ0v) is 19.1. The number of oxazole rings is 1. The van der Waals surface area contributed by atoms with E-state index in [1.165, 1.54) is 11.1 Å². The van der Waals surface area contributed by atoms with Gasteiger partial charge in [-0.3, -0.25) is 4.79 Å². The summed E-state index contributed by atoms with van der Waals surface area (Å²) in [5, 5.41) is 3.86. The van der Waals surface area contributed by atoms with Gasteiger partial charge in [-0.2, -0.15) is 0 Å². The summed E-state index contributed by atoms with van der Waals surface area (Å²) in [7, 11) is 0. The predicted molar refractivity (Wildman–Crippen MR) is 124 cm³/mol. The number of hydrogen-bond acceptors (Lipinski definition) is 5. The molecule has 0 bridgehead atoms. The number of pyridine rings is 1. The van der Waals surface area contributed by atoms with Gasteiger partial charge in [0.05, 0.1) is 0 Å². The molecule has 0 aliphatic carbocycles. The third-order valence-corrected chi connectivity index (χ3v) is 5.97. The minimum absolute atomic E-state index is 0.0997. The van der Waals surface area contributed by atoms with Crippen molar-refractivity contribution in [1.82, 2.24) is 9.97 Å². The number of amides is 1. The number of hydrogen-bond donors (Lipinski definition) is 1. The Labute approximate surface area is 183 Å². The first-order chi connectivity index (χ1) is 14.5. The lowest BCUT2D eigenvalue weighted by atomic mass is 9.92. The Morgan fingerprint density at radius 1 is 1.03 bits per heavy atom. The topological polar surface area (TPSA) is 68.0 Å². The third kappa shape index (κ3) is 5.85. The van der Waals surface area contributed by atoms with Crippen LogP contribution in [0.2, 0.25) is 0 Å². The van der Waals surface area contributed by atoms with Crippen LogP contribution in [0.4, 0.5) is 5.69 Å². The van der Waals surface area contributed by atoms with E-state index in [2.05, 4.69) is 61.2 Å². The number of benzene rings is 1. The van der Waals surface area contributed by atoms with Gasteiger partial charge in [-0.25, -0.2) is 9.97 Å². The highest BCUT2D eigenvalue weighted by Crippen LogP contribution is 2.32. The lowest BCUT2D eigenvalue weighted by Crippen LogP contribution is -2.15. The molecule has 0 aliphatic rings. The molecule has 0 atom stereocenters. The Bertz CT molecular complexity index is 922. The van der Waals surface area contributed by atoms with E-state index in [1.54, 1.807) is 18.0 Å². The highest BCUT2D eigenvalue weighted by molar-refractivity contribution is 7.99. The van der Waals surface area contributed by atoms with Gasteiger partial charge in [-0.05, 0) is 47.9 Å². The summed E-state index contributed by atoms with van der Waals surface area (Å²) in [6, 6.07) is 10.1. The maximum absolute atomic E-state index is 12.6. The molecule has 160 valence electrons. The molecule has 0 aliphatic heterocycles. The molecule has 1 N–H and O–H groups in total. The lowest BCUT2D eigenvalue weighted by Gasteiger charge is -2.20. The molecule has 0 unspecified atom stereocenters. The molecular formula is C24H31N3O2S. The first-order valence-electron chi connectivity index (χ1n) is 10.7. The molecule has 1 aromatic carbocycles. The minimum Gasteiger partial charge on any atom is -0.412 e. The average molecular weight is 426 g/mol. The Hall–Kier alpha value is -2.34. The number of carbonyl (C=O) groups is 1. The molecule has 0 radical (unpaired) electrons. The number of unbranched alkanes of at least 4 members (excludes halogenated alkanes) is 2. The van der Waals surface area contributed by atoms with Gasteiger partial charge in [-0.15, -0.1) is 0 Å². The number of fused-ring (bicyclic) bond motifs is 1. The van der Waals surface area contributed by atoms with Crippen LogP contribution >= 0.6 is 11.8 Å². The van der Waals surface area contributed by atoms with Crippen molar-refractivity contribution in [3.8, 4) is 0 Å². The molecule has 2 aromatic heterocycles. The Balaban J connectivity index is 1.43. The van der Waals surface area contributed by atoms with E-state index >= 15 is 0 Å². The summed E-state index contributed by atoms with van der Waals surface area (Å²) in [5.41, 5.74) is 4.79. The standard InChI is InChI=1S/C24H31N3O2S/c1-16(2)18-10-8-11-19(17(3)4)22(18)27-21(28)13-6-5-7-15-30-24-26-20-12-9-14-25-23(20)29-24/h8-12,14,16-17H,5-7,13,15H2,1-4H3,(H,27,28). The number of aromatic nitrogens is 2. The van der Waals surface area contributed by atoms with Crippen molar-refractivity contribution < 1.29 is 9.21 Å². The Morgan fingerprint density at radius 2 is 1.77 bits per heavy atom. The number of thioether (sulfide) groups is 1. The maximum atomic E-state index is 12.6. The van der Waals surface area contributed by atoms with Crippen LogP contribution in [0, 0.1) is 0 Å². The van der Waals surface area contributed by atoms with E-state index in [1.807, 2.05) is 12.1 Å². The fraction of sp³-hybridized carbons (Fsp3) is 0.458. The number of para-hydroxylation sites is 1. The summed E-state index contributed by atoms with van der Waals surface area (Å²) in [5.74, 6) is 1.76. The van der Waals surface area contributed by atoms with Gasteiger partial charge in [-0.1, -0.05) is 64.1 Å². The summed E-state index contributed by atoms with van der Waals surface area (Å²) in [4.78, 5) is 21.1. The fourth-order valence-corrected chi connectivity index (χ4v) is 4.26. The van der Waals surface area contributed by atoms with E-state index in [4.69, 9.17) is 4.42 Å². The van der Waals surface area contributed by atoms with Gasteiger partial charge >= 0.3 is 0 Å². The molecule has 6 heteroatoms. The van der Waals surface area contributed by atoms with Crippen LogP contribution in [0.15, 0.2) is 46.2 Å². The molecule has 1 amide bonds. The van der Waals surface area contributed by atoms with E-state index in [0.717, 1.165) is 36.2 Å². The molecule has 30 heavy (non-hydrogen) atoms. The van der Waals surface area contributed by atoms with E-state index < -0.39 is 0 Å². The summed E-state index contributed by atoms with van der Waals surface area (Å²) in [6.45, 7) is 8.67. The highest BCUT2D eigenvalue weighted by Gasteiger charge is 2.15. The van der Waals surface area contributed by atoms with Crippen molar-refractivity contribution in [3.05, 3.63) is 47.7 Å². The van der Waals surface area contributed by atoms with Gasteiger partial charge < -0.3 is 9.73 Å². The second kappa shape index (κ2) is 10.6. The monoisotopic (exact) mass is 425 g/mol. The molecule has 0 spiro atoms. The van der Waals surface area contributed by atoms with Gasteiger partial charge in [0.1, 0.15) is 5.52 Å². The quantitative estimate of drug-likeness (QED) is 0.287. The van der Waals surface area contributed by atoms with Crippen molar-refractivity contribution in [3.63, 3.8) is 0 Å². The maximum Gasteiger partial charge on any atom is 0.258 e.